The third kappa shape index (κ3) is 16.4. The van der Waals surface area contributed by atoms with E-state index in [2.05, 4.69) is 24.9 Å². The number of amides is 2. The van der Waals surface area contributed by atoms with Crippen LogP contribution in [0.25, 0.3) is 20.9 Å². The maximum absolute atomic E-state index is 11.2. The number of aliphatic carboxylic acids is 1. The van der Waals surface area contributed by atoms with Crippen molar-refractivity contribution in [3.8, 4) is 0 Å². The van der Waals surface area contributed by atoms with E-state index < -0.39 is 23.8 Å². The summed E-state index contributed by atoms with van der Waals surface area (Å²) in [5, 5.41) is 15.0. The highest BCUT2D eigenvalue weighted by molar-refractivity contribution is 6.05. The Morgan fingerprint density at radius 2 is 1.33 bits per heavy atom. The highest BCUT2D eigenvalue weighted by Gasteiger charge is 2.32. The number of azide groups is 2. The highest BCUT2D eigenvalue weighted by Crippen LogP contribution is 2.12. The maximum atomic E-state index is 11.2. The molecule has 0 aromatic rings. The first-order valence-electron chi connectivity index (χ1n) is 9.54. The fourth-order valence-electron chi connectivity index (χ4n) is 2.17. The molecule has 2 aliphatic rings. The molecule has 2 fully saturated rings. The van der Waals surface area contributed by atoms with Gasteiger partial charge in [-0.25, -0.2) is 4.79 Å². The number of carboxylic acids is 1. The van der Waals surface area contributed by atoms with E-state index >= 15 is 0 Å². The summed E-state index contributed by atoms with van der Waals surface area (Å²) in [6, 6.07) is 0. The predicted molar refractivity (Wildman–Crippen MR) is 112 cm³/mol. The minimum atomic E-state index is -0.858. The summed E-state index contributed by atoms with van der Waals surface area (Å²) in [6.45, 7) is 0.441. The number of carbonyl (C=O) groups is 6. The summed E-state index contributed by atoms with van der Waals surface area (Å²) in [6.07, 6.45) is 2.11. The zero-order chi connectivity index (χ0) is 24.4. The van der Waals surface area contributed by atoms with Gasteiger partial charge >= 0.3 is 11.9 Å². The number of imide groups is 1. The van der Waals surface area contributed by atoms with E-state index in [9.17, 15) is 28.8 Å². The molecule has 15 nitrogen and oxygen atoms in total. The molecule has 1 N–H and O–H groups in total. The number of ketones is 2. The Morgan fingerprint density at radius 1 is 0.879 bits per heavy atom. The molecule has 0 aromatic carbocycles. The summed E-state index contributed by atoms with van der Waals surface area (Å²) >= 11 is 0. The van der Waals surface area contributed by atoms with Gasteiger partial charge < -0.3 is 9.94 Å². The van der Waals surface area contributed by atoms with Gasteiger partial charge in [-0.3, -0.25) is 24.0 Å². The van der Waals surface area contributed by atoms with Crippen molar-refractivity contribution in [2.24, 2.45) is 10.2 Å². The largest absolute Gasteiger partial charge is 0.481 e. The Hall–Kier alpha value is -3.96. The monoisotopic (exact) mass is 469 g/mol. The second-order valence-corrected chi connectivity index (χ2v) is 6.31. The fourth-order valence-corrected chi connectivity index (χ4v) is 2.17. The van der Waals surface area contributed by atoms with E-state index in [0.717, 1.165) is 0 Å². The van der Waals surface area contributed by atoms with Gasteiger partial charge in [0.15, 0.2) is 0 Å². The van der Waals surface area contributed by atoms with Gasteiger partial charge in [0.1, 0.15) is 11.6 Å². The lowest BCUT2D eigenvalue weighted by molar-refractivity contribution is -0.197. The molecule has 15 heteroatoms. The first kappa shape index (κ1) is 31.2. The van der Waals surface area contributed by atoms with Crippen LogP contribution in [0.4, 0.5) is 0 Å². The molecule has 1 saturated heterocycles. The molecule has 0 unspecified atom stereocenters. The van der Waals surface area contributed by atoms with Crippen molar-refractivity contribution in [1.82, 2.24) is 5.06 Å². The van der Waals surface area contributed by atoms with Crippen molar-refractivity contribution < 1.29 is 38.7 Å². The molecule has 0 radical (unpaired) electrons. The van der Waals surface area contributed by atoms with Crippen LogP contribution in [0.1, 0.15) is 65.2 Å². The SMILES string of the molecule is C.O=C1CCC(=O)C1.[N-]=[N+]=NCCCC(=O)O.[N-]=[N+]=NCCCC(=O)ON1C(=O)CCC1=O. The van der Waals surface area contributed by atoms with Crippen LogP contribution in [0.5, 0.6) is 0 Å². The third-order valence-corrected chi connectivity index (χ3v) is 3.69. The van der Waals surface area contributed by atoms with Gasteiger partial charge in [0, 0.05) is 61.4 Å². The van der Waals surface area contributed by atoms with Crippen molar-refractivity contribution in [2.75, 3.05) is 13.1 Å². The number of nitrogens with zero attached hydrogens (tertiary/aromatic N) is 7. The molecule has 1 aliphatic heterocycles. The molecule has 2 rings (SSSR count). The first-order chi connectivity index (χ1) is 15.2. The minimum absolute atomic E-state index is 0. The van der Waals surface area contributed by atoms with E-state index in [1.807, 2.05) is 0 Å². The predicted octanol–water partition coefficient (Wildman–Crippen LogP) is 2.79. The van der Waals surface area contributed by atoms with Crippen LogP contribution in [-0.2, 0) is 33.6 Å². The average molecular weight is 469 g/mol. The van der Waals surface area contributed by atoms with Gasteiger partial charge in [0.25, 0.3) is 11.8 Å². The number of hydrogen-bond donors (Lipinski definition) is 1. The first-order valence-corrected chi connectivity index (χ1v) is 9.54. The van der Waals surface area contributed by atoms with E-state index in [4.69, 9.17) is 16.2 Å². The zero-order valence-electron chi connectivity index (χ0n) is 17.2. The van der Waals surface area contributed by atoms with Gasteiger partial charge in [0.2, 0.25) is 0 Å². The molecule has 33 heavy (non-hydrogen) atoms. The van der Waals surface area contributed by atoms with Crippen LogP contribution < -0.4 is 0 Å². The number of hydrogen-bond acceptors (Lipinski definition) is 9. The van der Waals surface area contributed by atoms with Gasteiger partial charge in [-0.15, -0.1) is 5.06 Å². The minimum Gasteiger partial charge on any atom is -0.481 e. The molecule has 0 spiro atoms. The smallest absolute Gasteiger partial charge is 0.333 e. The average Bonchev–Trinajstić information content (AvgIpc) is 3.28. The van der Waals surface area contributed by atoms with Gasteiger partial charge in [-0.05, 0) is 23.9 Å². The lowest BCUT2D eigenvalue weighted by atomic mass is 10.3. The summed E-state index contributed by atoms with van der Waals surface area (Å²) in [5.41, 5.74) is 15.7. The van der Waals surface area contributed by atoms with Gasteiger partial charge in [0.05, 0.1) is 6.42 Å². The van der Waals surface area contributed by atoms with Crippen LogP contribution in [-0.4, -0.2) is 58.6 Å². The fraction of sp³-hybridized carbons (Fsp3) is 0.667. The summed E-state index contributed by atoms with van der Waals surface area (Å²) in [7, 11) is 0. The normalized spacial score (nSPS) is 13.9. The molecule has 182 valence electrons. The highest BCUT2D eigenvalue weighted by atomic mass is 16.7. The Morgan fingerprint density at radius 3 is 1.70 bits per heavy atom. The van der Waals surface area contributed by atoms with E-state index in [1.54, 1.807) is 0 Å². The Kier molecular flexibility index (Phi) is 17.8. The second-order valence-electron chi connectivity index (χ2n) is 6.31. The Balaban J connectivity index is 0. The number of Topliss-reactive ketones (excluding diaryl/α,β-unsaturated/α-hetero) is 2. The van der Waals surface area contributed by atoms with Crippen molar-refractivity contribution in [3.63, 3.8) is 0 Å². The molecule has 0 aromatic heterocycles. The van der Waals surface area contributed by atoms with E-state index in [-0.39, 0.29) is 64.2 Å². The molecule has 1 heterocycles. The topological polar surface area (TPSA) is 233 Å². The lowest BCUT2D eigenvalue weighted by Gasteiger charge is -2.11. The lowest BCUT2D eigenvalue weighted by Crippen LogP contribution is -2.32. The molecular formula is C18H27N7O8. The van der Waals surface area contributed by atoms with Crippen molar-refractivity contribution in [2.45, 2.75) is 65.2 Å². The van der Waals surface area contributed by atoms with E-state index in [1.165, 1.54) is 0 Å². The molecule has 1 saturated carbocycles. The van der Waals surface area contributed by atoms with Crippen molar-refractivity contribution >= 4 is 35.3 Å². The number of carbonyl (C=O) groups excluding carboxylic acids is 5. The molecule has 0 atom stereocenters. The van der Waals surface area contributed by atoms with Crippen LogP contribution in [0, 0.1) is 0 Å². The summed E-state index contributed by atoms with van der Waals surface area (Å²) < 4.78 is 0. The zero-order valence-corrected chi connectivity index (χ0v) is 17.2. The second kappa shape index (κ2) is 18.8. The Labute approximate surface area is 189 Å². The van der Waals surface area contributed by atoms with Gasteiger partial charge in [-0.2, -0.15) is 0 Å². The van der Waals surface area contributed by atoms with E-state index in [0.29, 0.717) is 30.7 Å². The number of hydroxylamine groups is 2. The maximum Gasteiger partial charge on any atom is 0.333 e. The van der Waals surface area contributed by atoms with Crippen LogP contribution in [0.3, 0.4) is 0 Å². The van der Waals surface area contributed by atoms with Crippen LogP contribution >= 0.6 is 0 Å². The summed E-state index contributed by atoms with van der Waals surface area (Å²) in [4.78, 5) is 73.1. The number of rotatable bonds is 9. The number of carboxylic acid groups (broad SMARTS) is 1. The Bertz CT molecular complexity index is 785. The van der Waals surface area contributed by atoms with Gasteiger partial charge in [-0.1, -0.05) is 17.7 Å². The summed E-state index contributed by atoms with van der Waals surface area (Å²) in [5.74, 6) is -2.35. The molecule has 1 aliphatic carbocycles. The standard InChI is InChI=1S/C8H10N4O4.C5H6O2.C4H7N3O2.CH4/c9-11-10-5-1-2-8(15)16-12-6(13)3-4-7(12)14;6-4-1-2-5(7)3-4;5-7-6-3-1-2-4(8)9;/h1-5H2;1-3H2;1-3H2,(H,8,9);1H4. The van der Waals surface area contributed by atoms with Crippen LogP contribution in [0.2, 0.25) is 0 Å². The molecule has 0 bridgehead atoms. The third-order valence-electron chi connectivity index (χ3n) is 3.69. The molecule has 2 amide bonds. The molecular weight excluding hydrogens is 442 g/mol. The quantitative estimate of drug-likeness (QED) is 0.131. The van der Waals surface area contributed by atoms with Crippen molar-refractivity contribution in [3.05, 3.63) is 20.9 Å². The van der Waals surface area contributed by atoms with Crippen LogP contribution in [0.15, 0.2) is 10.2 Å². The van der Waals surface area contributed by atoms with Crippen molar-refractivity contribution in [1.29, 1.82) is 0 Å².